The van der Waals surface area contributed by atoms with E-state index in [0.29, 0.717) is 29.4 Å². The van der Waals surface area contributed by atoms with Crippen LogP contribution in [0.1, 0.15) is 30.4 Å². The third-order valence-electron chi connectivity index (χ3n) is 5.69. The van der Waals surface area contributed by atoms with Gasteiger partial charge in [0, 0.05) is 30.9 Å². The van der Waals surface area contributed by atoms with E-state index in [1.165, 1.54) is 12.4 Å². The fourth-order valence-corrected chi connectivity index (χ4v) is 3.96. The third kappa shape index (κ3) is 5.44. The molecule has 2 aromatic carbocycles. The van der Waals surface area contributed by atoms with Crippen molar-refractivity contribution in [1.29, 1.82) is 5.41 Å². The molecule has 0 saturated carbocycles. The van der Waals surface area contributed by atoms with Crippen LogP contribution in [0.4, 0.5) is 5.82 Å². The number of anilines is 1. The van der Waals surface area contributed by atoms with Gasteiger partial charge in [0.15, 0.2) is 0 Å². The summed E-state index contributed by atoms with van der Waals surface area (Å²) in [5.41, 5.74) is 1.65. The number of amides is 1. The molecule has 2 N–H and O–H groups in total. The molecule has 168 valence electrons. The maximum atomic E-state index is 12.2. The van der Waals surface area contributed by atoms with Crippen LogP contribution in [0.5, 0.6) is 11.5 Å². The lowest BCUT2D eigenvalue weighted by Gasteiger charge is -2.35. The summed E-state index contributed by atoms with van der Waals surface area (Å²) in [7, 11) is 0. The van der Waals surface area contributed by atoms with Crippen molar-refractivity contribution in [2.24, 2.45) is 0 Å². The van der Waals surface area contributed by atoms with Gasteiger partial charge in [-0.2, -0.15) is 0 Å². The maximum Gasteiger partial charge on any atom is 0.246 e. The lowest BCUT2D eigenvalue weighted by Crippen LogP contribution is -2.46. The van der Waals surface area contributed by atoms with E-state index in [-0.39, 0.29) is 11.9 Å². The fraction of sp³-hybridized carbons (Fsp3) is 0.231. The van der Waals surface area contributed by atoms with Crippen molar-refractivity contribution < 1.29 is 9.53 Å². The number of carbonyl (C=O) groups excluding carboxylic acids is 1. The zero-order valence-corrected chi connectivity index (χ0v) is 18.4. The number of benzene rings is 2. The van der Waals surface area contributed by atoms with E-state index >= 15 is 0 Å². The van der Waals surface area contributed by atoms with Gasteiger partial charge in [-0.3, -0.25) is 10.2 Å². The number of rotatable bonds is 8. The van der Waals surface area contributed by atoms with Gasteiger partial charge in [0.25, 0.3) is 0 Å². The smallest absolute Gasteiger partial charge is 0.246 e. The van der Waals surface area contributed by atoms with Gasteiger partial charge in [-0.15, -0.1) is 0 Å². The number of nitrogens with zero attached hydrogens (tertiary/aromatic N) is 3. The Morgan fingerprint density at radius 3 is 2.67 bits per heavy atom. The van der Waals surface area contributed by atoms with Crippen LogP contribution in [-0.2, 0) is 4.79 Å². The average Bonchev–Trinajstić information content (AvgIpc) is 2.88. The summed E-state index contributed by atoms with van der Waals surface area (Å²) in [5.74, 6) is 1.99. The van der Waals surface area contributed by atoms with E-state index in [2.05, 4.69) is 21.9 Å². The predicted molar refractivity (Wildman–Crippen MR) is 129 cm³/mol. The van der Waals surface area contributed by atoms with E-state index in [0.717, 1.165) is 37.1 Å². The summed E-state index contributed by atoms with van der Waals surface area (Å²) in [6, 6.07) is 17.0. The number of aromatic nitrogens is 2. The van der Waals surface area contributed by atoms with Crippen LogP contribution in [0, 0.1) is 5.41 Å². The van der Waals surface area contributed by atoms with Gasteiger partial charge in [0.1, 0.15) is 23.6 Å². The topological polar surface area (TPSA) is 91.2 Å². The summed E-state index contributed by atoms with van der Waals surface area (Å²) in [6.45, 7) is 4.91. The monoisotopic (exact) mass is 441 g/mol. The number of ether oxygens (including phenoxy) is 1. The molecule has 7 nitrogen and oxygen atoms in total. The van der Waals surface area contributed by atoms with Gasteiger partial charge in [-0.05, 0) is 61.7 Å². The Balaban J connectivity index is 1.46. The predicted octanol–water partition coefficient (Wildman–Crippen LogP) is 4.66. The summed E-state index contributed by atoms with van der Waals surface area (Å²) in [6.07, 6.45) is 7.48. The highest BCUT2D eigenvalue weighted by atomic mass is 16.5. The molecule has 0 spiro atoms. The minimum absolute atomic E-state index is 0.0463. The first kappa shape index (κ1) is 22.2. The standard InChI is InChI=1S/C26H27N5O2/c1-2-24(32)31-15-7-6-8-20(31)16-29-26-23(17-28-18-30-26)25(27)19-11-13-22(14-12-19)33-21-9-4-3-5-10-21/h2-5,9-14,17-18,20,27H,1,6-8,15-16H2,(H,28,29,30)/t20-/m0/s1. The molecule has 1 atom stereocenters. The number of para-hydroxylation sites is 1. The van der Waals surface area contributed by atoms with Crippen LogP contribution in [0.25, 0.3) is 0 Å². The molecule has 1 aromatic heterocycles. The van der Waals surface area contributed by atoms with Gasteiger partial charge in [0.2, 0.25) is 5.91 Å². The molecule has 1 saturated heterocycles. The lowest BCUT2D eigenvalue weighted by atomic mass is 10.0. The zero-order chi connectivity index (χ0) is 23.0. The number of piperidine rings is 1. The van der Waals surface area contributed by atoms with Crippen LogP contribution in [0.2, 0.25) is 0 Å². The summed E-state index contributed by atoms with van der Waals surface area (Å²) in [5, 5.41) is 12.1. The second-order valence-electron chi connectivity index (χ2n) is 7.87. The molecular weight excluding hydrogens is 414 g/mol. The Labute approximate surface area is 193 Å². The SMILES string of the molecule is C=CC(=O)N1CCCC[C@H]1CNc1ncncc1C(=N)c1ccc(Oc2ccccc2)cc1. The number of carbonyl (C=O) groups is 1. The first-order chi connectivity index (χ1) is 16.2. The molecule has 4 rings (SSSR count). The second-order valence-corrected chi connectivity index (χ2v) is 7.87. The molecule has 1 aliphatic rings. The van der Waals surface area contributed by atoms with Crippen LogP contribution >= 0.6 is 0 Å². The highest BCUT2D eigenvalue weighted by molar-refractivity contribution is 6.13. The van der Waals surface area contributed by atoms with E-state index in [4.69, 9.17) is 10.1 Å². The fourth-order valence-electron chi connectivity index (χ4n) is 3.96. The average molecular weight is 442 g/mol. The Bertz CT molecular complexity index is 1120. The van der Waals surface area contributed by atoms with Crippen molar-refractivity contribution in [2.45, 2.75) is 25.3 Å². The highest BCUT2D eigenvalue weighted by Crippen LogP contribution is 2.24. The minimum atomic E-state index is -0.0463. The molecule has 1 fully saturated rings. The van der Waals surface area contributed by atoms with Gasteiger partial charge in [0.05, 0.1) is 11.3 Å². The van der Waals surface area contributed by atoms with Gasteiger partial charge >= 0.3 is 0 Å². The first-order valence-corrected chi connectivity index (χ1v) is 11.0. The van der Waals surface area contributed by atoms with Crippen molar-refractivity contribution in [2.75, 3.05) is 18.4 Å². The Morgan fingerprint density at radius 1 is 1.15 bits per heavy atom. The van der Waals surface area contributed by atoms with E-state index in [1.807, 2.05) is 59.5 Å². The summed E-state index contributed by atoms with van der Waals surface area (Å²) < 4.78 is 5.84. The molecule has 33 heavy (non-hydrogen) atoms. The van der Waals surface area contributed by atoms with Crippen molar-refractivity contribution in [3.8, 4) is 11.5 Å². The molecule has 0 aliphatic carbocycles. The molecular formula is C26H27N5O2. The van der Waals surface area contributed by atoms with Crippen LogP contribution < -0.4 is 10.1 Å². The van der Waals surface area contributed by atoms with Crippen molar-refractivity contribution >= 4 is 17.4 Å². The molecule has 0 unspecified atom stereocenters. The summed E-state index contributed by atoms with van der Waals surface area (Å²) >= 11 is 0. The van der Waals surface area contributed by atoms with E-state index < -0.39 is 0 Å². The maximum absolute atomic E-state index is 12.2. The van der Waals surface area contributed by atoms with Gasteiger partial charge < -0.3 is 15.0 Å². The summed E-state index contributed by atoms with van der Waals surface area (Å²) in [4.78, 5) is 22.5. The lowest BCUT2D eigenvalue weighted by molar-refractivity contribution is -0.129. The highest BCUT2D eigenvalue weighted by Gasteiger charge is 2.25. The first-order valence-electron chi connectivity index (χ1n) is 11.0. The third-order valence-corrected chi connectivity index (χ3v) is 5.69. The number of nitrogens with one attached hydrogen (secondary N) is 2. The normalized spacial score (nSPS) is 15.5. The Kier molecular flexibility index (Phi) is 7.09. The van der Waals surface area contributed by atoms with Crippen LogP contribution in [0.3, 0.4) is 0 Å². The zero-order valence-electron chi connectivity index (χ0n) is 18.4. The molecule has 1 aliphatic heterocycles. The van der Waals surface area contributed by atoms with Crippen LogP contribution in [-0.4, -0.2) is 45.6 Å². The van der Waals surface area contributed by atoms with Gasteiger partial charge in [-0.1, -0.05) is 24.8 Å². The Hall–Kier alpha value is -4.00. The van der Waals surface area contributed by atoms with E-state index in [1.54, 1.807) is 6.20 Å². The van der Waals surface area contributed by atoms with Gasteiger partial charge in [-0.25, -0.2) is 9.97 Å². The molecule has 0 radical (unpaired) electrons. The van der Waals surface area contributed by atoms with E-state index in [9.17, 15) is 4.79 Å². The second kappa shape index (κ2) is 10.5. The van der Waals surface area contributed by atoms with Crippen molar-refractivity contribution in [3.63, 3.8) is 0 Å². The van der Waals surface area contributed by atoms with Crippen molar-refractivity contribution in [3.05, 3.63) is 90.9 Å². The minimum Gasteiger partial charge on any atom is -0.457 e. The molecule has 1 amide bonds. The molecule has 3 aromatic rings. The van der Waals surface area contributed by atoms with Crippen molar-refractivity contribution in [1.82, 2.24) is 14.9 Å². The van der Waals surface area contributed by atoms with Crippen LogP contribution in [0.15, 0.2) is 79.8 Å². The number of hydrogen-bond donors (Lipinski definition) is 2. The molecule has 7 heteroatoms. The molecule has 0 bridgehead atoms. The number of likely N-dealkylation sites (tertiary alicyclic amines) is 1. The quantitative estimate of drug-likeness (QED) is 0.392. The number of hydrogen-bond acceptors (Lipinski definition) is 6. The molecule has 2 heterocycles. The Morgan fingerprint density at radius 2 is 1.91 bits per heavy atom. The largest absolute Gasteiger partial charge is 0.457 e.